The molecule has 2 aromatic carbocycles. The Morgan fingerprint density at radius 3 is 1.18 bits per heavy atom. The number of hydrogen-bond acceptors (Lipinski definition) is 0. The van der Waals surface area contributed by atoms with Gasteiger partial charge in [-0.25, -0.2) is 24.3 Å². The van der Waals surface area contributed by atoms with Crippen molar-refractivity contribution in [2.75, 3.05) is 0 Å². The van der Waals surface area contributed by atoms with E-state index in [1.807, 2.05) is 0 Å². The molecule has 0 N–H and O–H groups in total. The average molecular weight is 574 g/mol. The zero-order valence-electron chi connectivity index (χ0n) is 22.3. The third-order valence-corrected chi connectivity index (χ3v) is 5.38. The number of rotatable bonds is 14. The first-order valence-corrected chi connectivity index (χ1v) is 12.8. The molecule has 33 heavy (non-hydrogen) atoms. The third kappa shape index (κ3) is 30.1. The fourth-order valence-electron chi connectivity index (χ4n) is 3.36. The summed E-state index contributed by atoms with van der Waals surface area (Å²) in [6, 6.07) is 17.2. The molecule has 0 aliphatic heterocycles. The number of aryl methyl sites for hydroxylation is 2. The Hall–Kier alpha value is 0.163. The second kappa shape index (κ2) is 32.2. The molecule has 0 spiro atoms. The molecule has 0 saturated heterocycles. The van der Waals surface area contributed by atoms with Crippen LogP contribution in [0.3, 0.4) is 0 Å². The Labute approximate surface area is 239 Å². The molecule has 0 aromatic heterocycles. The van der Waals surface area contributed by atoms with E-state index in [1.54, 1.807) is 5.92 Å². The normalized spacial score (nSPS) is 9.39. The van der Waals surface area contributed by atoms with Gasteiger partial charge in [-0.15, -0.1) is 0 Å². The fraction of sp³-hybridized carbons (Fsp3) is 0.633. The van der Waals surface area contributed by atoms with Gasteiger partial charge in [-0.05, 0) is 0 Å². The van der Waals surface area contributed by atoms with Gasteiger partial charge in [0.1, 0.15) is 0 Å². The molecule has 0 saturated carbocycles. The molecular weight excluding hydrogens is 522 g/mol. The van der Waals surface area contributed by atoms with E-state index < -0.39 is 0 Å². The molecule has 0 bridgehead atoms. The van der Waals surface area contributed by atoms with Crippen LogP contribution in [-0.2, 0) is 39.0 Å². The zero-order valence-corrected chi connectivity index (χ0v) is 26.2. The molecule has 0 nitrogen and oxygen atoms in total. The SMILES string of the molecule is CCCCCCCCC[C-](C)C.CCCC[c-]1cccc1.CCCC[c-]1cccc1.[Cl-].[Cl-].[Zr+2]. The largest absolute Gasteiger partial charge is 2.00 e. The summed E-state index contributed by atoms with van der Waals surface area (Å²) in [5.41, 5.74) is 2.97. The Morgan fingerprint density at radius 2 is 0.848 bits per heavy atom. The average Bonchev–Trinajstić information content (AvgIpc) is 3.45. The summed E-state index contributed by atoms with van der Waals surface area (Å²) >= 11 is 0. The van der Waals surface area contributed by atoms with Crippen molar-refractivity contribution >= 4 is 0 Å². The second-order valence-electron chi connectivity index (χ2n) is 8.87. The topological polar surface area (TPSA) is 0 Å². The predicted octanol–water partition coefficient (Wildman–Crippen LogP) is 4.24. The van der Waals surface area contributed by atoms with Gasteiger partial charge >= 0.3 is 26.2 Å². The van der Waals surface area contributed by atoms with E-state index in [4.69, 9.17) is 0 Å². The standard InChI is InChI=1S/C12H25.2C9H13.2ClH.Zr/c1-4-5-6-7-8-9-10-11-12(2)3;2*1-2-3-6-9-7-4-5-8-9;;;/h4-11H2,1-3H3;2*4-5,7-8H,2-3,6H2,1H3;2*1H;/q3*-1;;;+2/p-2. The van der Waals surface area contributed by atoms with Crippen LogP contribution in [0.1, 0.15) is 123 Å². The molecule has 3 heteroatoms. The van der Waals surface area contributed by atoms with Crippen molar-refractivity contribution in [1.29, 1.82) is 0 Å². The van der Waals surface area contributed by atoms with Crippen LogP contribution in [0.2, 0.25) is 0 Å². The number of halogens is 2. The van der Waals surface area contributed by atoms with Crippen LogP contribution in [0.15, 0.2) is 48.5 Å². The maximum atomic E-state index is 2.27. The van der Waals surface area contributed by atoms with Crippen molar-refractivity contribution in [3.8, 4) is 0 Å². The fourth-order valence-corrected chi connectivity index (χ4v) is 3.36. The summed E-state index contributed by atoms with van der Waals surface area (Å²) in [6.07, 6.45) is 19.1. The van der Waals surface area contributed by atoms with Crippen LogP contribution in [0.5, 0.6) is 0 Å². The zero-order chi connectivity index (χ0) is 22.3. The van der Waals surface area contributed by atoms with E-state index >= 15 is 0 Å². The van der Waals surface area contributed by atoms with Crippen LogP contribution in [-0.4, -0.2) is 0 Å². The van der Waals surface area contributed by atoms with Crippen molar-refractivity contribution in [3.63, 3.8) is 0 Å². The van der Waals surface area contributed by atoms with Gasteiger partial charge in [0.2, 0.25) is 0 Å². The van der Waals surface area contributed by atoms with Crippen LogP contribution < -0.4 is 24.8 Å². The van der Waals surface area contributed by atoms with Gasteiger partial charge in [-0.2, -0.15) is 55.7 Å². The third-order valence-electron chi connectivity index (χ3n) is 5.38. The Kier molecular flexibility index (Phi) is 39.3. The maximum Gasteiger partial charge on any atom is 2.00 e. The summed E-state index contributed by atoms with van der Waals surface area (Å²) in [5.74, 6) is 1.59. The molecule has 0 radical (unpaired) electrons. The smallest absolute Gasteiger partial charge is 1.00 e. The summed E-state index contributed by atoms with van der Waals surface area (Å²) in [6.45, 7) is 11.2. The van der Waals surface area contributed by atoms with Crippen molar-refractivity contribution in [2.24, 2.45) is 0 Å². The second-order valence-corrected chi connectivity index (χ2v) is 8.87. The maximum absolute atomic E-state index is 2.27. The van der Waals surface area contributed by atoms with Gasteiger partial charge < -0.3 is 30.7 Å². The minimum Gasteiger partial charge on any atom is -1.00 e. The summed E-state index contributed by atoms with van der Waals surface area (Å²) in [5, 5.41) is 0. The van der Waals surface area contributed by atoms with Gasteiger partial charge in [-0.1, -0.05) is 104 Å². The van der Waals surface area contributed by atoms with Gasteiger partial charge in [0.15, 0.2) is 0 Å². The van der Waals surface area contributed by atoms with E-state index in [0.29, 0.717) is 0 Å². The quantitative estimate of drug-likeness (QED) is 0.234. The van der Waals surface area contributed by atoms with Crippen molar-refractivity contribution in [3.05, 3.63) is 65.6 Å². The van der Waals surface area contributed by atoms with Gasteiger partial charge in [0.05, 0.1) is 0 Å². The molecule has 2 rings (SSSR count). The van der Waals surface area contributed by atoms with E-state index in [0.717, 1.165) is 0 Å². The number of unbranched alkanes of at least 4 members (excludes halogenated alkanes) is 8. The van der Waals surface area contributed by atoms with Crippen LogP contribution in [0.4, 0.5) is 0 Å². The van der Waals surface area contributed by atoms with E-state index in [-0.39, 0.29) is 51.0 Å². The summed E-state index contributed by atoms with van der Waals surface area (Å²) in [7, 11) is 0. The van der Waals surface area contributed by atoms with Crippen molar-refractivity contribution in [1.82, 2.24) is 0 Å². The molecule has 0 aliphatic carbocycles. The Morgan fingerprint density at radius 1 is 0.515 bits per heavy atom. The summed E-state index contributed by atoms with van der Waals surface area (Å²) in [4.78, 5) is 0. The monoisotopic (exact) mass is 571 g/mol. The first-order chi connectivity index (χ1) is 14.6. The van der Waals surface area contributed by atoms with E-state index in [2.05, 4.69) is 83.1 Å². The molecule has 0 amide bonds. The first kappa shape index (κ1) is 40.3. The van der Waals surface area contributed by atoms with E-state index in [1.165, 1.54) is 101 Å². The van der Waals surface area contributed by atoms with Crippen LogP contribution in [0, 0.1) is 5.92 Å². The van der Waals surface area contributed by atoms with Crippen LogP contribution >= 0.6 is 0 Å². The van der Waals surface area contributed by atoms with Crippen LogP contribution in [0.25, 0.3) is 0 Å². The Bertz CT molecular complexity index is 479. The molecular formula is C30H51Cl2Zr-3. The minimum absolute atomic E-state index is 0. The minimum atomic E-state index is 0. The first-order valence-electron chi connectivity index (χ1n) is 12.8. The molecule has 192 valence electrons. The molecule has 0 fully saturated rings. The molecule has 0 atom stereocenters. The van der Waals surface area contributed by atoms with Crippen molar-refractivity contribution < 1.29 is 51.0 Å². The predicted molar refractivity (Wildman–Crippen MR) is 138 cm³/mol. The van der Waals surface area contributed by atoms with Gasteiger partial charge in [-0.3, -0.25) is 0 Å². The molecule has 0 heterocycles. The molecule has 0 aliphatic rings. The summed E-state index contributed by atoms with van der Waals surface area (Å²) < 4.78 is 0. The van der Waals surface area contributed by atoms with Crippen molar-refractivity contribution in [2.45, 2.75) is 125 Å². The number of hydrogen-bond donors (Lipinski definition) is 0. The molecule has 2 aromatic rings. The van der Waals surface area contributed by atoms with Gasteiger partial charge in [0.25, 0.3) is 0 Å². The molecule has 0 unspecified atom stereocenters. The van der Waals surface area contributed by atoms with E-state index in [9.17, 15) is 0 Å². The van der Waals surface area contributed by atoms with Gasteiger partial charge in [0, 0.05) is 0 Å². The Balaban J connectivity index is -0.000000185.